The van der Waals surface area contributed by atoms with Crippen molar-refractivity contribution < 1.29 is 0 Å². The molecule has 0 bridgehead atoms. The standard InChI is InChI=1S/C11H23N/c1-5-7-10(2)8-6-9-11(3)12-4/h10H,5-9H2,1-4H3. The highest BCUT2D eigenvalue weighted by molar-refractivity contribution is 5.81. The summed E-state index contributed by atoms with van der Waals surface area (Å²) in [5.41, 5.74) is 1.29. The minimum absolute atomic E-state index is 0.902. The van der Waals surface area contributed by atoms with Crippen LogP contribution in [-0.4, -0.2) is 12.8 Å². The van der Waals surface area contributed by atoms with Crippen LogP contribution in [-0.2, 0) is 0 Å². The zero-order valence-corrected chi connectivity index (χ0v) is 9.06. The van der Waals surface area contributed by atoms with Crippen molar-refractivity contribution in [3.05, 3.63) is 0 Å². The topological polar surface area (TPSA) is 12.4 Å². The largest absolute Gasteiger partial charge is 0.298 e. The summed E-state index contributed by atoms with van der Waals surface area (Å²) >= 11 is 0. The molecule has 1 unspecified atom stereocenters. The Hall–Kier alpha value is -0.330. The summed E-state index contributed by atoms with van der Waals surface area (Å²) in [6.45, 7) is 6.72. The van der Waals surface area contributed by atoms with Gasteiger partial charge in [0.05, 0.1) is 0 Å². The van der Waals surface area contributed by atoms with E-state index in [9.17, 15) is 0 Å². The highest BCUT2D eigenvalue weighted by Gasteiger charge is 2.00. The molecule has 0 aromatic heterocycles. The van der Waals surface area contributed by atoms with Gasteiger partial charge in [0.15, 0.2) is 0 Å². The molecule has 1 heteroatoms. The Morgan fingerprint density at radius 1 is 1.33 bits per heavy atom. The Labute approximate surface area is 77.3 Å². The molecular formula is C11H23N. The van der Waals surface area contributed by atoms with Crippen LogP contribution in [0.15, 0.2) is 4.99 Å². The van der Waals surface area contributed by atoms with E-state index < -0.39 is 0 Å². The van der Waals surface area contributed by atoms with Gasteiger partial charge in [0.2, 0.25) is 0 Å². The van der Waals surface area contributed by atoms with Crippen molar-refractivity contribution in [3.8, 4) is 0 Å². The Morgan fingerprint density at radius 2 is 2.00 bits per heavy atom. The minimum atomic E-state index is 0.902. The Balaban J connectivity index is 3.30. The van der Waals surface area contributed by atoms with Gasteiger partial charge < -0.3 is 0 Å². The number of nitrogens with zero attached hydrogens (tertiary/aromatic N) is 1. The average Bonchev–Trinajstić information content (AvgIpc) is 2.04. The molecule has 0 N–H and O–H groups in total. The summed E-state index contributed by atoms with van der Waals surface area (Å²) in [7, 11) is 1.88. The van der Waals surface area contributed by atoms with Gasteiger partial charge in [0, 0.05) is 12.8 Å². The first kappa shape index (κ1) is 11.7. The number of hydrogen-bond acceptors (Lipinski definition) is 1. The molecule has 0 saturated heterocycles. The zero-order valence-electron chi connectivity index (χ0n) is 9.06. The Morgan fingerprint density at radius 3 is 2.50 bits per heavy atom. The Kier molecular flexibility index (Phi) is 7.12. The number of aliphatic imine (C=N–C) groups is 1. The van der Waals surface area contributed by atoms with Crippen molar-refractivity contribution in [3.63, 3.8) is 0 Å². The lowest BCUT2D eigenvalue weighted by molar-refractivity contribution is 0.474. The van der Waals surface area contributed by atoms with Crippen molar-refractivity contribution in [2.75, 3.05) is 7.05 Å². The third-order valence-corrected chi connectivity index (χ3v) is 2.40. The molecule has 0 saturated carbocycles. The molecule has 0 aromatic carbocycles. The molecule has 0 radical (unpaired) electrons. The minimum Gasteiger partial charge on any atom is -0.298 e. The SMILES string of the molecule is CCCC(C)CCCC(C)=NC. The van der Waals surface area contributed by atoms with Crippen molar-refractivity contribution in [1.29, 1.82) is 0 Å². The van der Waals surface area contributed by atoms with Crippen LogP contribution in [0.3, 0.4) is 0 Å². The first-order valence-corrected chi connectivity index (χ1v) is 5.13. The van der Waals surface area contributed by atoms with Gasteiger partial charge in [-0.3, -0.25) is 4.99 Å². The highest BCUT2D eigenvalue weighted by Crippen LogP contribution is 2.13. The first-order valence-electron chi connectivity index (χ1n) is 5.13. The van der Waals surface area contributed by atoms with Gasteiger partial charge in [-0.05, 0) is 25.7 Å². The smallest absolute Gasteiger partial charge is 0.0276 e. The van der Waals surface area contributed by atoms with Gasteiger partial charge >= 0.3 is 0 Å². The van der Waals surface area contributed by atoms with E-state index in [0.717, 1.165) is 5.92 Å². The van der Waals surface area contributed by atoms with Gasteiger partial charge in [-0.1, -0.05) is 33.1 Å². The van der Waals surface area contributed by atoms with E-state index in [1.54, 1.807) is 0 Å². The molecule has 1 nitrogen and oxygen atoms in total. The quantitative estimate of drug-likeness (QED) is 0.538. The van der Waals surface area contributed by atoms with Crippen LogP contribution in [0.5, 0.6) is 0 Å². The molecule has 0 aromatic rings. The third kappa shape index (κ3) is 6.38. The summed E-state index contributed by atoms with van der Waals surface area (Å²) in [5.74, 6) is 0.902. The van der Waals surface area contributed by atoms with Crippen molar-refractivity contribution in [1.82, 2.24) is 0 Å². The second kappa shape index (κ2) is 7.33. The normalized spacial score (nSPS) is 14.8. The van der Waals surface area contributed by atoms with Crippen LogP contribution in [0.25, 0.3) is 0 Å². The lowest BCUT2D eigenvalue weighted by atomic mass is 9.98. The fraction of sp³-hybridized carbons (Fsp3) is 0.909. The summed E-state index contributed by atoms with van der Waals surface area (Å²) < 4.78 is 0. The second-order valence-electron chi connectivity index (χ2n) is 3.74. The highest BCUT2D eigenvalue weighted by atomic mass is 14.7. The van der Waals surface area contributed by atoms with Crippen molar-refractivity contribution >= 4 is 5.71 Å². The summed E-state index contributed by atoms with van der Waals surface area (Å²) in [5, 5.41) is 0. The molecule has 12 heavy (non-hydrogen) atoms. The van der Waals surface area contributed by atoms with Gasteiger partial charge in [-0.2, -0.15) is 0 Å². The van der Waals surface area contributed by atoms with E-state index in [4.69, 9.17) is 0 Å². The summed E-state index contributed by atoms with van der Waals surface area (Å²) in [6, 6.07) is 0. The molecule has 0 fully saturated rings. The fourth-order valence-corrected chi connectivity index (χ4v) is 1.46. The zero-order chi connectivity index (χ0) is 9.40. The second-order valence-corrected chi connectivity index (χ2v) is 3.74. The monoisotopic (exact) mass is 169 g/mol. The van der Waals surface area contributed by atoms with Crippen LogP contribution in [0.4, 0.5) is 0 Å². The van der Waals surface area contributed by atoms with Crippen molar-refractivity contribution in [2.45, 2.75) is 52.9 Å². The molecule has 0 aliphatic carbocycles. The van der Waals surface area contributed by atoms with E-state index in [2.05, 4.69) is 25.8 Å². The van der Waals surface area contributed by atoms with Crippen LogP contribution in [0.1, 0.15) is 52.9 Å². The maximum atomic E-state index is 4.15. The fourth-order valence-electron chi connectivity index (χ4n) is 1.46. The van der Waals surface area contributed by atoms with Crippen LogP contribution >= 0.6 is 0 Å². The molecule has 72 valence electrons. The van der Waals surface area contributed by atoms with Gasteiger partial charge in [0.25, 0.3) is 0 Å². The lowest BCUT2D eigenvalue weighted by Crippen LogP contribution is -1.97. The average molecular weight is 169 g/mol. The van der Waals surface area contributed by atoms with E-state index >= 15 is 0 Å². The molecule has 0 rings (SSSR count). The number of rotatable bonds is 6. The van der Waals surface area contributed by atoms with E-state index in [1.807, 2.05) is 7.05 Å². The number of hydrogen-bond donors (Lipinski definition) is 0. The maximum Gasteiger partial charge on any atom is 0.0276 e. The molecule has 0 amide bonds. The van der Waals surface area contributed by atoms with Gasteiger partial charge in [0.1, 0.15) is 0 Å². The van der Waals surface area contributed by atoms with E-state index in [-0.39, 0.29) is 0 Å². The molecule has 1 atom stereocenters. The Bertz CT molecular complexity index is 127. The van der Waals surface area contributed by atoms with E-state index in [1.165, 1.54) is 37.8 Å². The van der Waals surface area contributed by atoms with Crippen LogP contribution in [0.2, 0.25) is 0 Å². The van der Waals surface area contributed by atoms with Crippen LogP contribution in [0, 0.1) is 5.92 Å². The first-order chi connectivity index (χ1) is 5.70. The van der Waals surface area contributed by atoms with Gasteiger partial charge in [-0.25, -0.2) is 0 Å². The lowest BCUT2D eigenvalue weighted by Gasteiger charge is -2.08. The molecule has 0 heterocycles. The van der Waals surface area contributed by atoms with Crippen molar-refractivity contribution in [2.24, 2.45) is 10.9 Å². The molecule has 0 aliphatic rings. The van der Waals surface area contributed by atoms with Crippen LogP contribution < -0.4 is 0 Å². The van der Waals surface area contributed by atoms with Gasteiger partial charge in [-0.15, -0.1) is 0 Å². The maximum absolute atomic E-state index is 4.15. The molecular weight excluding hydrogens is 146 g/mol. The molecule has 0 spiro atoms. The summed E-state index contributed by atoms with van der Waals surface area (Å²) in [4.78, 5) is 4.15. The predicted molar refractivity (Wildman–Crippen MR) is 57.0 cm³/mol. The van der Waals surface area contributed by atoms with E-state index in [0.29, 0.717) is 0 Å². The predicted octanol–water partition coefficient (Wildman–Crippen LogP) is 3.68. The molecule has 0 aliphatic heterocycles. The summed E-state index contributed by atoms with van der Waals surface area (Å²) in [6.07, 6.45) is 6.56. The third-order valence-electron chi connectivity index (χ3n) is 2.40.